The van der Waals surface area contributed by atoms with Gasteiger partial charge in [0.05, 0.1) is 0 Å². The molecule has 0 N–H and O–H groups in total. The van der Waals surface area contributed by atoms with Gasteiger partial charge in [-0.1, -0.05) is 18.9 Å². The lowest BCUT2D eigenvalue weighted by molar-refractivity contribution is -0.110. The van der Waals surface area contributed by atoms with E-state index in [1.165, 1.54) is 12.8 Å². The second-order valence-electron chi connectivity index (χ2n) is 3.21. The molecule has 1 saturated carbocycles. The zero-order valence-corrected chi connectivity index (χ0v) is 7.73. The maximum atomic E-state index is 10.0. The minimum Gasteiger partial charge on any atom is -0.303 e. The average molecular weight is 177 g/mol. The molecule has 0 aliphatic heterocycles. The molecule has 1 aromatic rings. The molecule has 1 aliphatic rings. The van der Waals surface area contributed by atoms with Gasteiger partial charge in [-0.25, -0.2) is 0 Å². The van der Waals surface area contributed by atoms with Gasteiger partial charge in [0, 0.05) is 18.3 Å². The number of pyridine rings is 1. The number of aldehydes is 1. The minimum atomic E-state index is 0.417. The van der Waals surface area contributed by atoms with Crippen molar-refractivity contribution in [3.8, 4) is 0 Å². The number of carbonyl (C=O) groups excluding carboxylic acids is 1. The van der Waals surface area contributed by atoms with Crippen LogP contribution in [-0.2, 0) is 4.79 Å². The Bertz CT molecular complexity index is 190. The summed E-state index contributed by atoms with van der Waals surface area (Å²) in [4.78, 5) is 13.8. The SMILES string of the molecule is O=CC1CCCC1.c1ccncc1. The van der Waals surface area contributed by atoms with Gasteiger partial charge in [-0.05, 0) is 25.0 Å². The zero-order valence-electron chi connectivity index (χ0n) is 7.73. The molecule has 1 fully saturated rings. The monoisotopic (exact) mass is 177 g/mol. The molecule has 2 heteroatoms. The van der Waals surface area contributed by atoms with Crippen LogP contribution in [0.2, 0.25) is 0 Å². The molecule has 0 bridgehead atoms. The van der Waals surface area contributed by atoms with Gasteiger partial charge < -0.3 is 4.79 Å². The van der Waals surface area contributed by atoms with Crippen molar-refractivity contribution in [1.82, 2.24) is 4.98 Å². The molecule has 13 heavy (non-hydrogen) atoms. The lowest BCUT2D eigenvalue weighted by Crippen LogP contribution is -1.91. The van der Waals surface area contributed by atoms with E-state index < -0.39 is 0 Å². The van der Waals surface area contributed by atoms with Gasteiger partial charge in [-0.3, -0.25) is 4.98 Å². The predicted octanol–water partition coefficient (Wildman–Crippen LogP) is 2.46. The van der Waals surface area contributed by atoms with Crippen molar-refractivity contribution < 1.29 is 4.79 Å². The van der Waals surface area contributed by atoms with E-state index in [4.69, 9.17) is 0 Å². The first-order valence-corrected chi connectivity index (χ1v) is 4.74. The largest absolute Gasteiger partial charge is 0.303 e. The number of rotatable bonds is 1. The number of hydrogen-bond acceptors (Lipinski definition) is 2. The highest BCUT2D eigenvalue weighted by atomic mass is 16.1. The quantitative estimate of drug-likeness (QED) is 0.617. The van der Waals surface area contributed by atoms with E-state index in [0.29, 0.717) is 5.92 Å². The standard InChI is InChI=1S/C6H10O.C5H5N/c7-5-6-3-1-2-4-6;1-2-4-6-5-3-1/h5-6H,1-4H2;1-5H. The van der Waals surface area contributed by atoms with Crippen molar-refractivity contribution in [2.24, 2.45) is 5.92 Å². The molecule has 70 valence electrons. The summed E-state index contributed by atoms with van der Waals surface area (Å²) in [5.74, 6) is 0.417. The number of aromatic nitrogens is 1. The third-order valence-corrected chi connectivity index (χ3v) is 2.16. The summed E-state index contributed by atoms with van der Waals surface area (Å²) in [6.45, 7) is 0. The summed E-state index contributed by atoms with van der Waals surface area (Å²) in [7, 11) is 0. The van der Waals surface area contributed by atoms with Crippen molar-refractivity contribution in [2.75, 3.05) is 0 Å². The van der Waals surface area contributed by atoms with Gasteiger partial charge in [0.1, 0.15) is 6.29 Å². The van der Waals surface area contributed by atoms with Crippen LogP contribution in [0, 0.1) is 5.92 Å². The fourth-order valence-electron chi connectivity index (χ4n) is 1.41. The Morgan fingerprint density at radius 2 is 1.69 bits per heavy atom. The molecule has 0 unspecified atom stereocenters. The van der Waals surface area contributed by atoms with Gasteiger partial charge in [-0.2, -0.15) is 0 Å². The van der Waals surface area contributed by atoms with Crippen LogP contribution in [0.25, 0.3) is 0 Å². The van der Waals surface area contributed by atoms with Crippen molar-refractivity contribution in [3.63, 3.8) is 0 Å². The first-order chi connectivity index (χ1) is 6.43. The highest BCUT2D eigenvalue weighted by Gasteiger charge is 2.12. The summed E-state index contributed by atoms with van der Waals surface area (Å²) >= 11 is 0. The fourth-order valence-corrected chi connectivity index (χ4v) is 1.41. The molecule has 0 radical (unpaired) electrons. The maximum Gasteiger partial charge on any atom is 0.123 e. The van der Waals surface area contributed by atoms with Crippen molar-refractivity contribution in [3.05, 3.63) is 30.6 Å². The fraction of sp³-hybridized carbons (Fsp3) is 0.455. The van der Waals surface area contributed by atoms with E-state index in [1.807, 2.05) is 18.2 Å². The Morgan fingerprint density at radius 3 is 1.92 bits per heavy atom. The summed E-state index contributed by atoms with van der Waals surface area (Å²) in [6.07, 6.45) is 9.41. The number of carbonyl (C=O) groups is 1. The molecule has 1 aliphatic carbocycles. The van der Waals surface area contributed by atoms with Gasteiger partial charge in [0.2, 0.25) is 0 Å². The molecule has 2 rings (SSSR count). The van der Waals surface area contributed by atoms with E-state index in [-0.39, 0.29) is 0 Å². The van der Waals surface area contributed by atoms with Crippen LogP contribution < -0.4 is 0 Å². The van der Waals surface area contributed by atoms with Gasteiger partial charge in [0.15, 0.2) is 0 Å². The molecule has 1 aromatic heterocycles. The van der Waals surface area contributed by atoms with Crippen molar-refractivity contribution in [1.29, 1.82) is 0 Å². The topological polar surface area (TPSA) is 30.0 Å². The Morgan fingerprint density at radius 1 is 1.08 bits per heavy atom. The predicted molar refractivity (Wildman–Crippen MR) is 52.3 cm³/mol. The van der Waals surface area contributed by atoms with E-state index >= 15 is 0 Å². The second kappa shape index (κ2) is 6.35. The van der Waals surface area contributed by atoms with Crippen molar-refractivity contribution in [2.45, 2.75) is 25.7 Å². The van der Waals surface area contributed by atoms with Crippen molar-refractivity contribution >= 4 is 6.29 Å². The van der Waals surface area contributed by atoms with E-state index in [1.54, 1.807) is 12.4 Å². The summed E-state index contributed by atoms with van der Waals surface area (Å²) in [5, 5.41) is 0. The first-order valence-electron chi connectivity index (χ1n) is 4.74. The molecule has 2 nitrogen and oxygen atoms in total. The Labute approximate surface area is 79.0 Å². The van der Waals surface area contributed by atoms with E-state index in [0.717, 1.165) is 19.1 Å². The molecule has 0 saturated heterocycles. The molecular weight excluding hydrogens is 162 g/mol. The Balaban J connectivity index is 0.000000132. The smallest absolute Gasteiger partial charge is 0.123 e. The number of hydrogen-bond donors (Lipinski definition) is 0. The Hall–Kier alpha value is -1.18. The zero-order chi connectivity index (χ0) is 9.36. The Kier molecular flexibility index (Phi) is 4.84. The molecule has 0 amide bonds. The highest BCUT2D eigenvalue weighted by molar-refractivity contribution is 5.53. The molecule has 0 atom stereocenters. The van der Waals surface area contributed by atoms with Gasteiger partial charge >= 0.3 is 0 Å². The van der Waals surface area contributed by atoms with Crippen LogP contribution in [0.15, 0.2) is 30.6 Å². The second-order valence-corrected chi connectivity index (χ2v) is 3.21. The van der Waals surface area contributed by atoms with Crippen LogP contribution in [0.1, 0.15) is 25.7 Å². The average Bonchev–Trinajstić information content (AvgIpc) is 2.74. The molecule has 1 heterocycles. The number of nitrogens with zero attached hydrogens (tertiary/aromatic N) is 1. The third-order valence-electron chi connectivity index (χ3n) is 2.16. The van der Waals surface area contributed by atoms with E-state index in [9.17, 15) is 4.79 Å². The summed E-state index contributed by atoms with van der Waals surface area (Å²) < 4.78 is 0. The normalized spacial score (nSPS) is 16.0. The first kappa shape index (κ1) is 9.90. The highest BCUT2D eigenvalue weighted by Crippen LogP contribution is 2.21. The third kappa shape index (κ3) is 4.41. The van der Waals surface area contributed by atoms with Crippen LogP contribution in [0.5, 0.6) is 0 Å². The van der Waals surface area contributed by atoms with Crippen LogP contribution >= 0.6 is 0 Å². The summed E-state index contributed by atoms with van der Waals surface area (Å²) in [6, 6.07) is 5.72. The minimum absolute atomic E-state index is 0.417. The van der Waals surface area contributed by atoms with Gasteiger partial charge in [0.25, 0.3) is 0 Å². The van der Waals surface area contributed by atoms with Gasteiger partial charge in [-0.15, -0.1) is 0 Å². The molecule has 0 aromatic carbocycles. The van der Waals surface area contributed by atoms with Crippen LogP contribution in [0.3, 0.4) is 0 Å². The summed E-state index contributed by atoms with van der Waals surface area (Å²) in [5.41, 5.74) is 0. The van der Waals surface area contributed by atoms with Crippen LogP contribution in [0.4, 0.5) is 0 Å². The van der Waals surface area contributed by atoms with Crippen LogP contribution in [-0.4, -0.2) is 11.3 Å². The molecule has 0 spiro atoms. The van der Waals surface area contributed by atoms with E-state index in [2.05, 4.69) is 4.98 Å². The lowest BCUT2D eigenvalue weighted by Gasteiger charge is -1.90. The lowest BCUT2D eigenvalue weighted by atomic mass is 10.1. The molecular formula is C11H15NO. The maximum absolute atomic E-state index is 10.0.